The number of nitrogens with zero attached hydrogens (tertiary/aromatic N) is 1. The minimum absolute atomic E-state index is 0.00111. The van der Waals surface area contributed by atoms with Crippen LogP contribution in [0.2, 0.25) is 5.02 Å². The highest BCUT2D eigenvalue weighted by Gasteiger charge is 2.25. The lowest BCUT2D eigenvalue weighted by Gasteiger charge is -2.09. The van der Waals surface area contributed by atoms with Gasteiger partial charge in [0.2, 0.25) is 0 Å². The molecule has 0 spiro atoms. The fourth-order valence-electron chi connectivity index (χ4n) is 3.16. The topological polar surface area (TPSA) is 97.4 Å². The van der Waals surface area contributed by atoms with Crippen LogP contribution in [0.3, 0.4) is 0 Å². The number of anilines is 1. The molecule has 2 heterocycles. The molecule has 0 aliphatic rings. The summed E-state index contributed by atoms with van der Waals surface area (Å²) in [4.78, 5) is 25.0. The number of rotatable bonds is 6. The van der Waals surface area contributed by atoms with Crippen LogP contribution in [0.5, 0.6) is 0 Å². The first-order valence-corrected chi connectivity index (χ1v) is 9.94. The average molecular weight is 454 g/mol. The van der Waals surface area contributed by atoms with Crippen molar-refractivity contribution in [2.24, 2.45) is 0 Å². The monoisotopic (exact) mass is 453 g/mol. The van der Waals surface area contributed by atoms with Crippen LogP contribution in [0, 0.1) is 12.7 Å². The minimum Gasteiger partial charge on any atom is -0.459 e. The third-order valence-corrected chi connectivity index (χ3v) is 4.99. The number of carbonyl (C=O) groups excluding carboxylic acids is 2. The number of furan rings is 1. The Labute approximate surface area is 187 Å². The van der Waals surface area contributed by atoms with Crippen molar-refractivity contribution < 1.29 is 22.9 Å². The number of halogens is 2. The van der Waals surface area contributed by atoms with E-state index in [2.05, 4.69) is 15.8 Å². The Balaban J connectivity index is 1.49. The van der Waals surface area contributed by atoms with Crippen molar-refractivity contribution in [3.05, 3.63) is 94.3 Å². The fraction of sp³-hybridized carbons (Fsp3) is 0.0870. The van der Waals surface area contributed by atoms with E-state index in [0.717, 1.165) is 5.56 Å². The lowest BCUT2D eigenvalue weighted by Crippen LogP contribution is -2.24. The second-order valence-corrected chi connectivity index (χ2v) is 7.28. The van der Waals surface area contributed by atoms with Crippen molar-refractivity contribution in [2.75, 3.05) is 5.32 Å². The molecule has 162 valence electrons. The summed E-state index contributed by atoms with van der Waals surface area (Å²) in [5.41, 5.74) is 1.40. The zero-order chi connectivity index (χ0) is 22.7. The zero-order valence-corrected chi connectivity index (χ0v) is 17.6. The smallest absolute Gasteiger partial charge is 0.291 e. The van der Waals surface area contributed by atoms with Gasteiger partial charge in [0.25, 0.3) is 11.8 Å². The minimum atomic E-state index is -0.611. The predicted molar refractivity (Wildman–Crippen MR) is 116 cm³/mol. The van der Waals surface area contributed by atoms with E-state index in [1.54, 1.807) is 43.3 Å². The van der Waals surface area contributed by atoms with Gasteiger partial charge in [0.1, 0.15) is 22.8 Å². The van der Waals surface area contributed by atoms with Gasteiger partial charge in [-0.3, -0.25) is 9.59 Å². The maximum absolute atomic E-state index is 14.4. The Kier molecular flexibility index (Phi) is 6.04. The van der Waals surface area contributed by atoms with E-state index >= 15 is 0 Å². The molecule has 9 heteroatoms. The Morgan fingerprint density at radius 3 is 2.66 bits per heavy atom. The largest absolute Gasteiger partial charge is 0.459 e. The second-order valence-electron chi connectivity index (χ2n) is 6.87. The highest BCUT2D eigenvalue weighted by Crippen LogP contribution is 2.33. The van der Waals surface area contributed by atoms with E-state index in [1.807, 2.05) is 0 Å². The molecule has 0 aliphatic heterocycles. The van der Waals surface area contributed by atoms with Gasteiger partial charge in [-0.15, -0.1) is 0 Å². The van der Waals surface area contributed by atoms with Crippen LogP contribution in [0.15, 0.2) is 69.8 Å². The summed E-state index contributed by atoms with van der Waals surface area (Å²) in [6.07, 6.45) is 1.41. The molecule has 2 N–H and O–H groups in total. The van der Waals surface area contributed by atoms with Crippen molar-refractivity contribution in [2.45, 2.75) is 13.5 Å². The predicted octanol–water partition coefficient (Wildman–Crippen LogP) is 5.22. The van der Waals surface area contributed by atoms with E-state index in [-0.39, 0.29) is 45.8 Å². The van der Waals surface area contributed by atoms with Gasteiger partial charge in [0.05, 0.1) is 16.8 Å². The molecule has 0 atom stereocenters. The van der Waals surface area contributed by atoms with E-state index in [9.17, 15) is 14.0 Å². The number of carbonyl (C=O) groups is 2. The van der Waals surface area contributed by atoms with Crippen LogP contribution in [0.4, 0.5) is 10.1 Å². The van der Waals surface area contributed by atoms with Gasteiger partial charge >= 0.3 is 0 Å². The van der Waals surface area contributed by atoms with Gasteiger partial charge in [-0.2, -0.15) is 0 Å². The summed E-state index contributed by atoms with van der Waals surface area (Å²) >= 11 is 6.12. The van der Waals surface area contributed by atoms with E-state index in [1.165, 1.54) is 24.5 Å². The summed E-state index contributed by atoms with van der Waals surface area (Å²) in [7, 11) is 0. The summed E-state index contributed by atoms with van der Waals surface area (Å²) in [6, 6.07) is 14.3. The Morgan fingerprint density at radius 2 is 1.91 bits per heavy atom. The number of hydrogen-bond donors (Lipinski definition) is 2. The Hall–Kier alpha value is -3.91. The number of benzene rings is 2. The number of amides is 2. The zero-order valence-electron chi connectivity index (χ0n) is 16.8. The highest BCUT2D eigenvalue weighted by molar-refractivity contribution is 6.33. The number of nitrogens with one attached hydrogen (secondary N) is 2. The molecule has 0 bridgehead atoms. The van der Waals surface area contributed by atoms with E-state index in [0.29, 0.717) is 5.69 Å². The van der Waals surface area contributed by atoms with E-state index < -0.39 is 11.7 Å². The van der Waals surface area contributed by atoms with Crippen molar-refractivity contribution in [3.63, 3.8) is 0 Å². The third kappa shape index (κ3) is 4.40. The molecule has 2 amide bonds. The van der Waals surface area contributed by atoms with Crippen molar-refractivity contribution >= 4 is 29.1 Å². The molecular weight excluding hydrogens is 437 g/mol. The van der Waals surface area contributed by atoms with Crippen LogP contribution in [-0.4, -0.2) is 17.0 Å². The highest BCUT2D eigenvalue weighted by atomic mass is 35.5. The van der Waals surface area contributed by atoms with Crippen LogP contribution in [-0.2, 0) is 6.54 Å². The summed E-state index contributed by atoms with van der Waals surface area (Å²) in [5, 5.41) is 9.45. The second kappa shape index (κ2) is 9.07. The first kappa shape index (κ1) is 21.3. The molecule has 0 saturated heterocycles. The molecule has 2 aromatic heterocycles. The van der Waals surface area contributed by atoms with Gasteiger partial charge in [-0.05, 0) is 48.9 Å². The third-order valence-electron chi connectivity index (χ3n) is 4.67. The maximum atomic E-state index is 14.4. The molecule has 0 saturated carbocycles. The summed E-state index contributed by atoms with van der Waals surface area (Å²) < 4.78 is 24.6. The molecule has 0 fully saturated rings. The SMILES string of the molecule is Cc1onc(-c2c(F)cccc2Cl)c1C(=O)NCc1cccc(NC(=O)c2ccco2)c1. The maximum Gasteiger partial charge on any atom is 0.291 e. The quantitative estimate of drug-likeness (QED) is 0.417. The van der Waals surface area contributed by atoms with Gasteiger partial charge < -0.3 is 19.6 Å². The lowest BCUT2D eigenvalue weighted by molar-refractivity contribution is 0.0948. The molecule has 2 aromatic carbocycles. The van der Waals surface area contributed by atoms with Crippen molar-refractivity contribution in [1.29, 1.82) is 0 Å². The number of aromatic nitrogens is 1. The standard InChI is InChI=1S/C23H17ClFN3O4/c1-13-19(21(28-32-13)20-16(24)7-3-8-17(20)25)23(30)26-12-14-5-2-6-15(11-14)27-22(29)18-9-4-10-31-18/h2-11H,12H2,1H3,(H,26,30)(H,27,29). The molecule has 0 radical (unpaired) electrons. The van der Waals surface area contributed by atoms with Gasteiger partial charge in [-0.1, -0.05) is 35.0 Å². The van der Waals surface area contributed by atoms with Crippen molar-refractivity contribution in [3.8, 4) is 11.3 Å². The van der Waals surface area contributed by atoms with Crippen molar-refractivity contribution in [1.82, 2.24) is 10.5 Å². The van der Waals surface area contributed by atoms with Gasteiger partial charge in [-0.25, -0.2) is 4.39 Å². The van der Waals surface area contributed by atoms with Crippen LogP contribution < -0.4 is 10.6 Å². The molecular formula is C23H17ClFN3O4. The molecule has 32 heavy (non-hydrogen) atoms. The first-order valence-electron chi connectivity index (χ1n) is 9.56. The Morgan fingerprint density at radius 1 is 1.09 bits per heavy atom. The average Bonchev–Trinajstić information content (AvgIpc) is 3.43. The molecule has 0 aliphatic carbocycles. The normalized spacial score (nSPS) is 10.7. The van der Waals surface area contributed by atoms with E-state index in [4.69, 9.17) is 20.5 Å². The van der Waals surface area contributed by atoms with Gasteiger partial charge in [0.15, 0.2) is 5.76 Å². The first-order chi connectivity index (χ1) is 15.4. The summed E-state index contributed by atoms with van der Waals surface area (Å²) in [6.45, 7) is 1.71. The number of hydrogen-bond acceptors (Lipinski definition) is 5. The van der Waals surface area contributed by atoms with Crippen LogP contribution >= 0.6 is 11.6 Å². The van der Waals surface area contributed by atoms with Gasteiger partial charge in [0, 0.05) is 12.2 Å². The fourth-order valence-corrected chi connectivity index (χ4v) is 3.42. The molecule has 4 rings (SSSR count). The number of aryl methyl sites for hydroxylation is 1. The van der Waals surface area contributed by atoms with Crippen LogP contribution in [0.1, 0.15) is 32.2 Å². The molecule has 7 nitrogen and oxygen atoms in total. The lowest BCUT2D eigenvalue weighted by atomic mass is 10.0. The Bertz CT molecular complexity index is 1260. The van der Waals surface area contributed by atoms with Crippen LogP contribution in [0.25, 0.3) is 11.3 Å². The molecule has 4 aromatic rings. The summed E-state index contributed by atoms with van der Waals surface area (Å²) in [5.74, 6) is -1.08. The molecule has 0 unspecified atom stereocenters.